The minimum Gasteiger partial charge on any atom is -0.294 e. The summed E-state index contributed by atoms with van der Waals surface area (Å²) in [5, 5.41) is 0. The van der Waals surface area contributed by atoms with Crippen molar-refractivity contribution in [3.8, 4) is 0 Å². The van der Waals surface area contributed by atoms with Crippen LogP contribution in [0.4, 0.5) is 0 Å². The molecule has 1 nitrogen and oxygen atoms in total. The van der Waals surface area contributed by atoms with Gasteiger partial charge in [0.25, 0.3) is 0 Å². The van der Waals surface area contributed by atoms with Gasteiger partial charge < -0.3 is 0 Å². The van der Waals surface area contributed by atoms with E-state index in [0.29, 0.717) is 14.2 Å². The smallest absolute Gasteiger partial charge is 0.168 e. The Kier molecular flexibility index (Phi) is 4.21. The Morgan fingerprint density at radius 1 is 1.11 bits per heavy atom. The first-order valence-corrected chi connectivity index (χ1v) is 8.71. The third kappa shape index (κ3) is 2.86. The fraction of sp³-hybridized carbons (Fsp3) is 0.667. The molecule has 1 aromatic rings. The zero-order valence-corrected chi connectivity index (χ0v) is 13.2. The molecular formula is C15H18Cl2OS. The second kappa shape index (κ2) is 5.75. The lowest BCUT2D eigenvalue weighted by Gasteiger charge is -2.38. The van der Waals surface area contributed by atoms with Crippen LogP contribution in [0, 0.1) is 17.8 Å². The van der Waals surface area contributed by atoms with E-state index in [-0.39, 0.29) is 11.7 Å². The molecule has 0 bridgehead atoms. The molecule has 3 unspecified atom stereocenters. The molecule has 0 N–H and O–H groups in total. The van der Waals surface area contributed by atoms with E-state index < -0.39 is 0 Å². The highest BCUT2D eigenvalue weighted by Gasteiger charge is 2.36. The van der Waals surface area contributed by atoms with Gasteiger partial charge in [-0.15, -0.1) is 11.3 Å². The fourth-order valence-corrected chi connectivity index (χ4v) is 5.31. The summed E-state index contributed by atoms with van der Waals surface area (Å²) < 4.78 is 1.17. The fourth-order valence-electron chi connectivity index (χ4n) is 3.84. The van der Waals surface area contributed by atoms with Crippen LogP contribution in [0.1, 0.15) is 55.3 Å². The number of rotatable bonds is 2. The van der Waals surface area contributed by atoms with Crippen molar-refractivity contribution in [1.29, 1.82) is 0 Å². The number of hydrogen-bond donors (Lipinski definition) is 0. The van der Waals surface area contributed by atoms with Crippen molar-refractivity contribution in [3.05, 3.63) is 20.3 Å². The summed E-state index contributed by atoms with van der Waals surface area (Å²) in [6.45, 7) is 0. The number of carbonyl (C=O) groups excluding carboxylic acids is 1. The van der Waals surface area contributed by atoms with Crippen LogP contribution < -0.4 is 0 Å². The molecule has 0 saturated heterocycles. The van der Waals surface area contributed by atoms with Gasteiger partial charge in [0, 0.05) is 11.5 Å². The molecule has 2 aliphatic rings. The van der Waals surface area contributed by atoms with Crippen LogP contribution >= 0.6 is 34.5 Å². The molecule has 104 valence electrons. The molecule has 0 aliphatic heterocycles. The van der Waals surface area contributed by atoms with E-state index in [4.69, 9.17) is 23.2 Å². The zero-order valence-electron chi connectivity index (χ0n) is 10.8. The molecule has 0 aromatic carbocycles. The van der Waals surface area contributed by atoms with E-state index in [9.17, 15) is 4.79 Å². The highest BCUT2D eigenvalue weighted by molar-refractivity contribution is 7.20. The first-order valence-electron chi connectivity index (χ1n) is 7.14. The predicted octanol–water partition coefficient (Wildman–Crippen LogP) is 5.84. The van der Waals surface area contributed by atoms with Crippen LogP contribution in [0.25, 0.3) is 0 Å². The van der Waals surface area contributed by atoms with Crippen LogP contribution in [-0.2, 0) is 0 Å². The Balaban J connectivity index is 1.72. The molecule has 0 spiro atoms. The first kappa shape index (κ1) is 13.9. The molecule has 2 saturated carbocycles. The average Bonchev–Trinajstić information content (AvgIpc) is 2.76. The van der Waals surface area contributed by atoms with E-state index in [1.807, 2.05) is 0 Å². The number of thiophene rings is 1. The number of fused-ring (bicyclic) bond motifs is 1. The number of ketones is 1. The number of hydrogen-bond acceptors (Lipinski definition) is 2. The monoisotopic (exact) mass is 316 g/mol. The van der Waals surface area contributed by atoms with Crippen LogP contribution in [0.3, 0.4) is 0 Å². The molecule has 19 heavy (non-hydrogen) atoms. The van der Waals surface area contributed by atoms with Crippen molar-refractivity contribution in [2.75, 3.05) is 0 Å². The van der Waals surface area contributed by atoms with Gasteiger partial charge in [-0.3, -0.25) is 4.79 Å². The Bertz CT molecular complexity index is 482. The van der Waals surface area contributed by atoms with Gasteiger partial charge in [-0.25, -0.2) is 0 Å². The molecule has 2 aliphatic carbocycles. The summed E-state index contributed by atoms with van der Waals surface area (Å²) in [5.74, 6) is 2.03. The van der Waals surface area contributed by atoms with Gasteiger partial charge in [-0.2, -0.15) is 0 Å². The van der Waals surface area contributed by atoms with Crippen molar-refractivity contribution < 1.29 is 4.79 Å². The van der Waals surface area contributed by atoms with Crippen LogP contribution in [-0.4, -0.2) is 5.78 Å². The van der Waals surface area contributed by atoms with Crippen LogP contribution in [0.2, 0.25) is 8.67 Å². The number of Topliss-reactive ketones (excluding diaryl/α,β-unsaturated/α-hetero) is 1. The maximum Gasteiger partial charge on any atom is 0.168 e. The lowest BCUT2D eigenvalue weighted by molar-refractivity contribution is 0.0764. The van der Waals surface area contributed by atoms with Crippen LogP contribution in [0.15, 0.2) is 6.07 Å². The van der Waals surface area contributed by atoms with Crippen molar-refractivity contribution >= 4 is 40.3 Å². The largest absolute Gasteiger partial charge is 0.294 e. The van der Waals surface area contributed by atoms with Crippen molar-refractivity contribution in [2.45, 2.75) is 44.9 Å². The standard InChI is InChI=1S/C15H18Cl2OS/c16-13-8-12(15(17)19-13)14(18)11-6-5-9-3-1-2-4-10(9)7-11/h8-11H,1-7H2. The second-order valence-electron chi connectivity index (χ2n) is 5.92. The SMILES string of the molecule is O=C(c1cc(Cl)sc1Cl)C1CCC2CCCCC2C1. The highest BCUT2D eigenvalue weighted by atomic mass is 35.5. The van der Waals surface area contributed by atoms with Gasteiger partial charge >= 0.3 is 0 Å². The van der Waals surface area contributed by atoms with Gasteiger partial charge in [-0.05, 0) is 37.2 Å². The Labute approximate surface area is 128 Å². The molecule has 1 aromatic heterocycles. The summed E-state index contributed by atoms with van der Waals surface area (Å²) in [7, 11) is 0. The van der Waals surface area contributed by atoms with Gasteiger partial charge in [-0.1, -0.05) is 48.9 Å². The molecule has 0 radical (unpaired) electrons. The first-order chi connectivity index (χ1) is 9.15. The van der Waals surface area contributed by atoms with Gasteiger partial charge in [0.15, 0.2) is 5.78 Å². The third-order valence-electron chi connectivity index (χ3n) is 4.83. The maximum atomic E-state index is 12.6. The summed E-state index contributed by atoms with van der Waals surface area (Å²) in [4.78, 5) is 12.6. The van der Waals surface area contributed by atoms with Crippen molar-refractivity contribution in [3.63, 3.8) is 0 Å². The van der Waals surface area contributed by atoms with Crippen molar-refractivity contribution in [1.82, 2.24) is 0 Å². The molecule has 3 atom stereocenters. The van der Waals surface area contributed by atoms with E-state index in [0.717, 1.165) is 24.7 Å². The quantitative estimate of drug-likeness (QED) is 0.626. The lowest BCUT2D eigenvalue weighted by atomic mass is 9.66. The highest BCUT2D eigenvalue weighted by Crippen LogP contribution is 2.44. The molecule has 0 amide bonds. The number of carbonyl (C=O) groups is 1. The average molecular weight is 317 g/mol. The van der Waals surface area contributed by atoms with E-state index in [1.54, 1.807) is 6.07 Å². The lowest BCUT2D eigenvalue weighted by Crippen LogP contribution is -2.31. The Hall–Kier alpha value is -0.0500. The normalized spacial score (nSPS) is 30.9. The number of halogens is 2. The maximum absolute atomic E-state index is 12.6. The second-order valence-corrected chi connectivity index (χ2v) is 8.20. The topological polar surface area (TPSA) is 17.1 Å². The summed E-state index contributed by atoms with van der Waals surface area (Å²) in [6, 6.07) is 1.74. The molecular weight excluding hydrogens is 299 g/mol. The Morgan fingerprint density at radius 2 is 1.84 bits per heavy atom. The van der Waals surface area contributed by atoms with Gasteiger partial charge in [0.05, 0.1) is 4.34 Å². The van der Waals surface area contributed by atoms with Gasteiger partial charge in [0.2, 0.25) is 0 Å². The summed E-state index contributed by atoms with van der Waals surface area (Å²) >= 11 is 13.3. The summed E-state index contributed by atoms with van der Waals surface area (Å²) in [5.41, 5.74) is 0.649. The van der Waals surface area contributed by atoms with Gasteiger partial charge in [0.1, 0.15) is 4.34 Å². The molecule has 4 heteroatoms. The molecule has 3 rings (SSSR count). The summed E-state index contributed by atoms with van der Waals surface area (Å²) in [6.07, 6.45) is 8.72. The molecule has 1 heterocycles. The van der Waals surface area contributed by atoms with Crippen LogP contribution in [0.5, 0.6) is 0 Å². The minimum absolute atomic E-state index is 0.169. The van der Waals surface area contributed by atoms with E-state index in [1.165, 1.54) is 43.4 Å². The zero-order chi connectivity index (χ0) is 13.4. The van der Waals surface area contributed by atoms with Crippen molar-refractivity contribution in [2.24, 2.45) is 17.8 Å². The van der Waals surface area contributed by atoms with E-state index >= 15 is 0 Å². The van der Waals surface area contributed by atoms with E-state index in [2.05, 4.69) is 0 Å². The minimum atomic E-state index is 0.169. The Morgan fingerprint density at radius 3 is 2.53 bits per heavy atom. The predicted molar refractivity (Wildman–Crippen MR) is 81.5 cm³/mol. The third-order valence-corrected chi connectivity index (χ3v) is 6.32. The molecule has 2 fully saturated rings.